The van der Waals surface area contributed by atoms with E-state index in [9.17, 15) is 14.4 Å². The van der Waals surface area contributed by atoms with E-state index in [1.165, 1.54) is 18.4 Å². The van der Waals surface area contributed by atoms with Crippen LogP contribution < -0.4 is 10.6 Å². The molecule has 2 rings (SSSR count). The van der Waals surface area contributed by atoms with Crippen LogP contribution in [0.2, 0.25) is 0 Å². The second-order valence-electron chi connectivity index (χ2n) is 5.40. The molecule has 0 fully saturated rings. The number of alkyl carbamates (subject to hydrolysis) is 1. The number of hydrogen-bond donors (Lipinski definition) is 2. The molecule has 0 unspecified atom stereocenters. The molecule has 2 N–H and O–H groups in total. The molecule has 7 heteroatoms. The molecule has 22 heavy (non-hydrogen) atoms. The maximum atomic E-state index is 12.4. The van der Waals surface area contributed by atoms with Crippen LogP contribution in [-0.2, 0) is 22.4 Å². The molecule has 120 valence electrons. The van der Waals surface area contributed by atoms with Gasteiger partial charge in [0.05, 0.1) is 12.7 Å². The highest BCUT2D eigenvalue weighted by Crippen LogP contribution is 2.39. The standard InChI is InChI=1S/C15H20N2O4S/c1-4-11(18)16-14-12(13(19)17-15(20)21-3)9-6-5-8(2)7-10(9)22-14/h8H,4-7H2,1-3H3,(H,16,18)(H,17,19,20)/t8-/m1/s1. The van der Waals surface area contributed by atoms with Gasteiger partial charge in [-0.15, -0.1) is 11.3 Å². The van der Waals surface area contributed by atoms with Crippen LogP contribution in [0.25, 0.3) is 0 Å². The van der Waals surface area contributed by atoms with Crippen LogP contribution in [0.4, 0.5) is 9.80 Å². The van der Waals surface area contributed by atoms with Gasteiger partial charge < -0.3 is 10.1 Å². The predicted molar refractivity (Wildman–Crippen MR) is 84.3 cm³/mol. The molecular weight excluding hydrogens is 304 g/mol. The Hall–Kier alpha value is -1.89. The van der Waals surface area contributed by atoms with Crippen LogP contribution in [0.3, 0.4) is 0 Å². The summed E-state index contributed by atoms with van der Waals surface area (Å²) in [6, 6.07) is 0. The smallest absolute Gasteiger partial charge is 0.413 e. The Kier molecular flexibility index (Phi) is 5.18. The van der Waals surface area contributed by atoms with Crippen molar-refractivity contribution in [3.05, 3.63) is 16.0 Å². The largest absolute Gasteiger partial charge is 0.453 e. The van der Waals surface area contributed by atoms with E-state index < -0.39 is 12.0 Å². The van der Waals surface area contributed by atoms with Crippen molar-refractivity contribution in [2.24, 2.45) is 5.92 Å². The van der Waals surface area contributed by atoms with Gasteiger partial charge in [-0.2, -0.15) is 0 Å². The quantitative estimate of drug-likeness (QED) is 0.895. The third kappa shape index (κ3) is 3.47. The van der Waals surface area contributed by atoms with Crippen LogP contribution in [0.15, 0.2) is 0 Å². The minimum Gasteiger partial charge on any atom is -0.453 e. The van der Waals surface area contributed by atoms with E-state index in [-0.39, 0.29) is 5.91 Å². The molecule has 0 saturated carbocycles. The lowest BCUT2D eigenvalue weighted by atomic mass is 9.88. The summed E-state index contributed by atoms with van der Waals surface area (Å²) in [7, 11) is 1.20. The van der Waals surface area contributed by atoms with E-state index in [2.05, 4.69) is 22.3 Å². The summed E-state index contributed by atoms with van der Waals surface area (Å²) >= 11 is 1.43. The maximum Gasteiger partial charge on any atom is 0.413 e. The topological polar surface area (TPSA) is 84.5 Å². The van der Waals surface area contributed by atoms with Gasteiger partial charge in [0.2, 0.25) is 5.91 Å². The van der Waals surface area contributed by atoms with Crippen molar-refractivity contribution in [1.29, 1.82) is 0 Å². The number of amides is 3. The molecule has 3 amide bonds. The lowest BCUT2D eigenvalue weighted by molar-refractivity contribution is -0.115. The van der Waals surface area contributed by atoms with Crippen molar-refractivity contribution in [3.63, 3.8) is 0 Å². The number of carbonyl (C=O) groups excluding carboxylic acids is 3. The predicted octanol–water partition coefficient (Wildman–Crippen LogP) is 2.72. The first-order valence-electron chi connectivity index (χ1n) is 7.29. The Labute approximate surface area is 133 Å². The lowest BCUT2D eigenvalue weighted by Crippen LogP contribution is -2.31. The van der Waals surface area contributed by atoms with Crippen LogP contribution in [0.1, 0.15) is 47.5 Å². The molecular formula is C15H20N2O4S. The number of nitrogens with one attached hydrogen (secondary N) is 2. The Morgan fingerprint density at radius 2 is 2.09 bits per heavy atom. The first-order valence-corrected chi connectivity index (χ1v) is 8.11. The Morgan fingerprint density at radius 1 is 1.36 bits per heavy atom. The maximum absolute atomic E-state index is 12.4. The van der Waals surface area contributed by atoms with Crippen molar-refractivity contribution >= 4 is 34.2 Å². The summed E-state index contributed by atoms with van der Waals surface area (Å²) in [6.07, 6.45) is 2.18. The third-order valence-corrected chi connectivity index (χ3v) is 4.88. The Morgan fingerprint density at radius 3 is 2.73 bits per heavy atom. The van der Waals surface area contributed by atoms with E-state index in [1.54, 1.807) is 6.92 Å². The molecule has 0 saturated heterocycles. The van der Waals surface area contributed by atoms with Gasteiger partial charge in [0, 0.05) is 11.3 Å². The fraction of sp³-hybridized carbons (Fsp3) is 0.533. The number of methoxy groups -OCH3 is 1. The van der Waals surface area contributed by atoms with E-state index >= 15 is 0 Å². The van der Waals surface area contributed by atoms with Crippen LogP contribution in [-0.4, -0.2) is 25.0 Å². The number of carbonyl (C=O) groups is 3. The number of hydrogen-bond acceptors (Lipinski definition) is 5. The average molecular weight is 324 g/mol. The molecule has 1 aliphatic carbocycles. The van der Waals surface area contributed by atoms with E-state index in [4.69, 9.17) is 0 Å². The third-order valence-electron chi connectivity index (χ3n) is 3.71. The van der Waals surface area contributed by atoms with Gasteiger partial charge in [0.25, 0.3) is 5.91 Å². The first-order chi connectivity index (χ1) is 10.5. The molecule has 0 aromatic carbocycles. The van der Waals surface area contributed by atoms with Crippen LogP contribution in [0.5, 0.6) is 0 Å². The normalized spacial score (nSPS) is 16.6. The number of anilines is 1. The summed E-state index contributed by atoms with van der Waals surface area (Å²) in [5, 5.41) is 5.47. The zero-order chi connectivity index (χ0) is 16.3. The zero-order valence-electron chi connectivity index (χ0n) is 12.9. The van der Waals surface area contributed by atoms with Crippen molar-refractivity contribution in [3.8, 4) is 0 Å². The van der Waals surface area contributed by atoms with Gasteiger partial charge in [-0.25, -0.2) is 4.79 Å². The van der Waals surface area contributed by atoms with E-state index in [1.807, 2.05) is 0 Å². The Balaban J connectivity index is 2.37. The van der Waals surface area contributed by atoms with Gasteiger partial charge in [-0.05, 0) is 30.7 Å². The molecule has 1 heterocycles. The number of imide groups is 1. The number of thiophene rings is 1. The highest BCUT2D eigenvalue weighted by atomic mass is 32.1. The van der Waals surface area contributed by atoms with Crippen LogP contribution in [0, 0.1) is 5.92 Å². The summed E-state index contributed by atoms with van der Waals surface area (Å²) in [5.74, 6) is -0.124. The number of ether oxygens (including phenoxy) is 1. The minimum absolute atomic E-state index is 0.154. The van der Waals surface area contributed by atoms with E-state index in [0.717, 1.165) is 29.7 Å². The zero-order valence-corrected chi connectivity index (χ0v) is 13.8. The molecule has 0 radical (unpaired) electrons. The molecule has 1 aromatic rings. The highest BCUT2D eigenvalue weighted by Gasteiger charge is 2.29. The second-order valence-corrected chi connectivity index (χ2v) is 6.51. The van der Waals surface area contributed by atoms with Crippen molar-refractivity contribution in [2.45, 2.75) is 39.5 Å². The minimum atomic E-state index is -0.804. The molecule has 1 atom stereocenters. The van der Waals surface area contributed by atoms with Gasteiger partial charge in [-0.1, -0.05) is 13.8 Å². The fourth-order valence-corrected chi connectivity index (χ4v) is 3.92. The number of fused-ring (bicyclic) bond motifs is 1. The lowest BCUT2D eigenvalue weighted by Gasteiger charge is -2.18. The van der Waals surface area contributed by atoms with Crippen molar-refractivity contribution in [1.82, 2.24) is 5.32 Å². The Bertz CT molecular complexity index is 609. The number of rotatable bonds is 3. The van der Waals surface area contributed by atoms with Gasteiger partial charge in [-0.3, -0.25) is 14.9 Å². The summed E-state index contributed by atoms with van der Waals surface area (Å²) in [4.78, 5) is 36.4. The molecule has 0 bridgehead atoms. The highest BCUT2D eigenvalue weighted by molar-refractivity contribution is 7.17. The monoisotopic (exact) mass is 324 g/mol. The van der Waals surface area contributed by atoms with Gasteiger partial charge in [0.1, 0.15) is 5.00 Å². The van der Waals surface area contributed by atoms with Crippen LogP contribution >= 0.6 is 11.3 Å². The molecule has 0 aliphatic heterocycles. The van der Waals surface area contributed by atoms with Crippen molar-refractivity contribution < 1.29 is 19.1 Å². The molecule has 6 nitrogen and oxygen atoms in total. The first kappa shape index (κ1) is 16.5. The molecule has 1 aromatic heterocycles. The second kappa shape index (κ2) is 6.91. The van der Waals surface area contributed by atoms with Gasteiger partial charge >= 0.3 is 6.09 Å². The van der Waals surface area contributed by atoms with Crippen molar-refractivity contribution in [2.75, 3.05) is 12.4 Å². The fourth-order valence-electron chi connectivity index (χ4n) is 2.50. The summed E-state index contributed by atoms with van der Waals surface area (Å²) in [5.41, 5.74) is 1.34. The SMILES string of the molecule is CCC(=O)Nc1sc2c(c1C(=O)NC(=O)OC)CC[C@@H](C)C2. The molecule has 1 aliphatic rings. The average Bonchev–Trinajstić information content (AvgIpc) is 2.83. The van der Waals surface area contributed by atoms with E-state index in [0.29, 0.717) is 22.9 Å². The summed E-state index contributed by atoms with van der Waals surface area (Å²) in [6.45, 7) is 3.92. The van der Waals surface area contributed by atoms with Gasteiger partial charge in [0.15, 0.2) is 0 Å². The molecule has 0 spiro atoms. The summed E-state index contributed by atoms with van der Waals surface area (Å²) < 4.78 is 4.47.